The van der Waals surface area contributed by atoms with Gasteiger partial charge in [-0.2, -0.15) is 0 Å². The van der Waals surface area contributed by atoms with Crippen molar-refractivity contribution in [2.45, 2.75) is 31.8 Å². The molecule has 16 heteroatoms. The van der Waals surface area contributed by atoms with Gasteiger partial charge in [-0.25, -0.2) is 17.2 Å². The maximum atomic E-state index is 15.3. The molecule has 0 spiro atoms. The van der Waals surface area contributed by atoms with E-state index in [1.807, 2.05) is 0 Å². The van der Waals surface area contributed by atoms with Gasteiger partial charge >= 0.3 is 6.36 Å². The molecule has 1 aromatic heterocycles. The average molecular weight is 644 g/mol. The average Bonchev–Trinajstić information content (AvgIpc) is 3.21. The highest BCUT2D eigenvalue weighted by Gasteiger charge is 2.46. The number of halogens is 5. The minimum Gasteiger partial charge on any atom is -0.497 e. The van der Waals surface area contributed by atoms with Gasteiger partial charge in [0, 0.05) is 54.7 Å². The number of benzene rings is 2. The standard InChI is InChI=1S/C28H26F5N3O7S/c1-15-8-9-35(10-11-44(3,40)41)27(39)24(15)36-14-19(22-20(29)12-18(42-2)13-21(22)30)23(26(36)38)34-25(37)16-4-6-17(7-5-16)43-28(31,32)33/h4-9,12-13,19,23H,10-11,14H2,1-3H3,(H,34,37)/t19-,23-/m0/s1. The summed E-state index contributed by atoms with van der Waals surface area (Å²) in [5.74, 6) is -6.57. The van der Waals surface area contributed by atoms with Gasteiger partial charge in [0.1, 0.15) is 44.7 Å². The van der Waals surface area contributed by atoms with E-state index >= 15 is 8.78 Å². The molecule has 0 unspecified atom stereocenters. The predicted molar refractivity (Wildman–Crippen MR) is 148 cm³/mol. The third-order valence-electron chi connectivity index (χ3n) is 6.92. The van der Waals surface area contributed by atoms with Crippen LogP contribution in [0.15, 0.2) is 53.5 Å². The highest BCUT2D eigenvalue weighted by atomic mass is 32.2. The van der Waals surface area contributed by atoms with Crippen LogP contribution in [-0.2, 0) is 21.2 Å². The van der Waals surface area contributed by atoms with Crippen molar-refractivity contribution in [2.75, 3.05) is 30.6 Å². The summed E-state index contributed by atoms with van der Waals surface area (Å²) < 4.78 is 101. The van der Waals surface area contributed by atoms with E-state index in [-0.39, 0.29) is 29.3 Å². The summed E-state index contributed by atoms with van der Waals surface area (Å²) in [4.78, 5) is 41.3. The zero-order valence-electron chi connectivity index (χ0n) is 23.4. The molecule has 1 N–H and O–H groups in total. The molecule has 4 rings (SSSR count). The second-order valence-electron chi connectivity index (χ2n) is 10.1. The monoisotopic (exact) mass is 643 g/mol. The summed E-state index contributed by atoms with van der Waals surface area (Å²) in [6.45, 7) is 0.811. The summed E-state index contributed by atoms with van der Waals surface area (Å²) in [5.41, 5.74) is -1.41. The highest BCUT2D eigenvalue weighted by molar-refractivity contribution is 7.90. The number of nitrogens with zero attached hydrogens (tertiary/aromatic N) is 2. The summed E-state index contributed by atoms with van der Waals surface area (Å²) in [5, 5.41) is 2.40. The first-order valence-electron chi connectivity index (χ1n) is 12.9. The van der Waals surface area contributed by atoms with Crippen LogP contribution in [0.4, 0.5) is 27.6 Å². The predicted octanol–water partition coefficient (Wildman–Crippen LogP) is 3.32. The first-order chi connectivity index (χ1) is 20.5. The minimum atomic E-state index is -4.97. The van der Waals surface area contributed by atoms with Crippen LogP contribution >= 0.6 is 0 Å². The van der Waals surface area contributed by atoms with Crippen LogP contribution in [0.3, 0.4) is 0 Å². The number of ether oxygens (including phenoxy) is 2. The first kappa shape index (κ1) is 32.4. The van der Waals surface area contributed by atoms with Gasteiger partial charge in [-0.3, -0.25) is 14.4 Å². The number of carbonyl (C=O) groups is 2. The van der Waals surface area contributed by atoms with Gasteiger partial charge in [-0.1, -0.05) is 0 Å². The van der Waals surface area contributed by atoms with E-state index in [1.165, 1.54) is 26.3 Å². The molecule has 0 saturated carbocycles. The quantitative estimate of drug-likeness (QED) is 0.355. The fraction of sp³-hybridized carbons (Fsp3) is 0.321. The summed E-state index contributed by atoms with van der Waals surface area (Å²) >= 11 is 0. The first-order valence-corrected chi connectivity index (χ1v) is 14.9. The lowest BCUT2D eigenvalue weighted by molar-refractivity contribution is -0.274. The molecule has 44 heavy (non-hydrogen) atoms. The fourth-order valence-electron chi connectivity index (χ4n) is 4.84. The molecule has 2 amide bonds. The molecule has 3 aromatic rings. The van der Waals surface area contributed by atoms with Crippen molar-refractivity contribution in [1.29, 1.82) is 0 Å². The number of anilines is 1. The molecule has 2 atom stereocenters. The second kappa shape index (κ2) is 12.3. The Labute approximate surface area is 247 Å². The van der Waals surface area contributed by atoms with Crippen LogP contribution in [0.5, 0.6) is 11.5 Å². The van der Waals surface area contributed by atoms with Crippen molar-refractivity contribution < 1.29 is 49.4 Å². The third kappa shape index (κ3) is 7.18. The van der Waals surface area contributed by atoms with Gasteiger partial charge in [-0.05, 0) is 42.8 Å². The van der Waals surface area contributed by atoms with Crippen molar-refractivity contribution in [3.63, 3.8) is 0 Å². The molecule has 10 nitrogen and oxygen atoms in total. The van der Waals surface area contributed by atoms with Crippen LogP contribution in [0.2, 0.25) is 0 Å². The van der Waals surface area contributed by atoms with Crippen LogP contribution in [0.1, 0.15) is 27.4 Å². The third-order valence-corrected chi connectivity index (χ3v) is 7.85. The lowest BCUT2D eigenvalue weighted by atomic mass is 9.92. The SMILES string of the molecule is COc1cc(F)c([C@@H]2CN(c3c(C)ccn(CCS(C)(=O)=O)c3=O)C(=O)[C@H]2NC(=O)c2ccc(OC(F)(F)F)cc2)c(F)c1. The Bertz CT molecular complexity index is 1740. The Morgan fingerprint density at radius 2 is 1.66 bits per heavy atom. The maximum absolute atomic E-state index is 15.3. The van der Waals surface area contributed by atoms with Gasteiger partial charge in [0.2, 0.25) is 5.91 Å². The Kier molecular flexibility index (Phi) is 9.04. The van der Waals surface area contributed by atoms with Crippen LogP contribution in [0, 0.1) is 18.6 Å². The van der Waals surface area contributed by atoms with E-state index in [0.717, 1.165) is 52.1 Å². The van der Waals surface area contributed by atoms with Crippen molar-refractivity contribution in [3.05, 3.63) is 87.3 Å². The lowest BCUT2D eigenvalue weighted by Gasteiger charge is -2.20. The maximum Gasteiger partial charge on any atom is 0.573 e. The van der Waals surface area contributed by atoms with Gasteiger partial charge in [-0.15, -0.1) is 13.2 Å². The zero-order chi connectivity index (χ0) is 32.6. The van der Waals surface area contributed by atoms with Crippen molar-refractivity contribution in [3.8, 4) is 11.5 Å². The van der Waals surface area contributed by atoms with E-state index in [4.69, 9.17) is 4.74 Å². The van der Waals surface area contributed by atoms with E-state index < -0.39 is 75.0 Å². The number of amides is 2. The van der Waals surface area contributed by atoms with Crippen LogP contribution in [-0.4, -0.2) is 62.9 Å². The Hall–Kier alpha value is -4.47. The molecule has 1 aliphatic heterocycles. The molecular weight excluding hydrogens is 617 g/mol. The van der Waals surface area contributed by atoms with Crippen LogP contribution in [0.25, 0.3) is 0 Å². The molecule has 0 radical (unpaired) electrons. The Morgan fingerprint density at radius 3 is 2.20 bits per heavy atom. The fourth-order valence-corrected chi connectivity index (χ4v) is 5.37. The highest BCUT2D eigenvalue weighted by Crippen LogP contribution is 2.36. The molecule has 1 saturated heterocycles. The molecule has 1 aliphatic rings. The molecule has 236 valence electrons. The van der Waals surface area contributed by atoms with E-state index in [0.29, 0.717) is 5.56 Å². The minimum absolute atomic E-state index is 0.153. The number of hydrogen-bond acceptors (Lipinski definition) is 7. The topological polar surface area (TPSA) is 124 Å². The number of alkyl halides is 3. The number of aromatic nitrogens is 1. The van der Waals surface area contributed by atoms with Crippen molar-refractivity contribution in [1.82, 2.24) is 9.88 Å². The van der Waals surface area contributed by atoms with Gasteiger partial charge in [0.15, 0.2) is 0 Å². The van der Waals surface area contributed by atoms with E-state index in [1.54, 1.807) is 0 Å². The number of nitrogens with one attached hydrogen (secondary N) is 1. The summed E-state index contributed by atoms with van der Waals surface area (Å²) in [6.07, 6.45) is -2.63. The largest absolute Gasteiger partial charge is 0.573 e. The number of carbonyl (C=O) groups excluding carboxylic acids is 2. The number of rotatable bonds is 9. The molecular formula is C28H26F5N3O7S. The van der Waals surface area contributed by atoms with Gasteiger partial charge < -0.3 is 24.3 Å². The number of sulfone groups is 1. The Morgan fingerprint density at radius 1 is 1.05 bits per heavy atom. The lowest BCUT2D eigenvalue weighted by Crippen LogP contribution is -2.45. The normalized spacial score (nSPS) is 17.1. The molecule has 2 heterocycles. The molecule has 0 bridgehead atoms. The molecule has 0 aliphatic carbocycles. The van der Waals surface area contributed by atoms with Crippen molar-refractivity contribution in [2.24, 2.45) is 0 Å². The van der Waals surface area contributed by atoms with Gasteiger partial charge in [0.05, 0.1) is 12.9 Å². The molecule has 2 aromatic carbocycles. The van der Waals surface area contributed by atoms with Gasteiger partial charge in [0.25, 0.3) is 11.5 Å². The van der Waals surface area contributed by atoms with Crippen LogP contribution < -0.4 is 25.2 Å². The number of pyridine rings is 1. The summed E-state index contributed by atoms with van der Waals surface area (Å²) in [6, 6.07) is 5.35. The van der Waals surface area contributed by atoms with Crippen molar-refractivity contribution >= 4 is 27.3 Å². The molecule has 1 fully saturated rings. The smallest absolute Gasteiger partial charge is 0.497 e. The van der Waals surface area contributed by atoms with E-state index in [9.17, 15) is 36.0 Å². The summed E-state index contributed by atoms with van der Waals surface area (Å²) in [7, 11) is -2.27. The Balaban J connectivity index is 1.74. The number of methoxy groups -OCH3 is 1. The number of aryl methyl sites for hydroxylation is 2. The second-order valence-corrected chi connectivity index (χ2v) is 12.3. The van der Waals surface area contributed by atoms with E-state index in [2.05, 4.69) is 10.1 Å². The zero-order valence-corrected chi connectivity index (χ0v) is 24.3. The number of hydrogen-bond donors (Lipinski definition) is 1.